The van der Waals surface area contributed by atoms with E-state index < -0.39 is 6.04 Å². The quantitative estimate of drug-likeness (QED) is 0.777. The van der Waals surface area contributed by atoms with Gasteiger partial charge >= 0.3 is 0 Å². The third-order valence-electron chi connectivity index (χ3n) is 2.83. The summed E-state index contributed by atoms with van der Waals surface area (Å²) in [6.45, 7) is 0.981. The Bertz CT molecular complexity index is 425. The molecule has 88 valence electrons. The Kier molecular flexibility index (Phi) is 3.73. The molecule has 17 heavy (non-hydrogen) atoms. The van der Waals surface area contributed by atoms with Gasteiger partial charge in [-0.05, 0) is 12.0 Å². The molecule has 1 heterocycles. The number of ether oxygens (including phenoxy) is 1. The number of carbonyl (C=O) groups is 1. The molecule has 4 heteroatoms. The second-order valence-corrected chi connectivity index (χ2v) is 3.98. The highest BCUT2D eigenvalue weighted by atomic mass is 16.5. The highest BCUT2D eigenvalue weighted by Gasteiger charge is 2.27. The molecule has 0 aromatic heterocycles. The summed E-state index contributed by atoms with van der Waals surface area (Å²) in [6, 6.07) is 11.6. The number of hydrogen-bond donors (Lipinski definition) is 0. The third-order valence-corrected chi connectivity index (χ3v) is 2.83. The van der Waals surface area contributed by atoms with E-state index in [1.807, 2.05) is 30.3 Å². The second-order valence-electron chi connectivity index (χ2n) is 3.98. The first kappa shape index (κ1) is 11.6. The molecule has 1 saturated heterocycles. The number of amides is 1. The number of nitriles is 1. The Morgan fingerprint density at radius 1 is 1.41 bits per heavy atom. The Labute approximate surface area is 100 Å². The number of nitrogens with zero attached hydrogens (tertiary/aromatic N) is 2. The minimum Gasteiger partial charge on any atom is -0.368 e. The van der Waals surface area contributed by atoms with E-state index >= 15 is 0 Å². The van der Waals surface area contributed by atoms with Gasteiger partial charge in [-0.3, -0.25) is 4.79 Å². The Morgan fingerprint density at radius 3 is 2.88 bits per heavy atom. The zero-order chi connectivity index (χ0) is 12.1. The number of rotatable bonds is 3. The number of benzene rings is 1. The van der Waals surface area contributed by atoms with E-state index in [2.05, 4.69) is 6.07 Å². The van der Waals surface area contributed by atoms with Crippen LogP contribution >= 0.6 is 0 Å². The molecular weight excluding hydrogens is 216 g/mol. The summed E-state index contributed by atoms with van der Waals surface area (Å²) >= 11 is 0. The monoisotopic (exact) mass is 230 g/mol. The highest BCUT2D eigenvalue weighted by Crippen LogP contribution is 2.09. The van der Waals surface area contributed by atoms with Gasteiger partial charge in [-0.15, -0.1) is 0 Å². The van der Waals surface area contributed by atoms with Crippen LogP contribution in [0.2, 0.25) is 0 Å². The van der Waals surface area contributed by atoms with Gasteiger partial charge in [0.15, 0.2) is 0 Å². The largest absolute Gasteiger partial charge is 0.368 e. The smallest absolute Gasteiger partial charge is 0.249 e. The first-order valence-corrected chi connectivity index (χ1v) is 5.62. The molecule has 1 aliphatic rings. The van der Waals surface area contributed by atoms with Crippen LogP contribution in [0.15, 0.2) is 30.3 Å². The van der Waals surface area contributed by atoms with Crippen molar-refractivity contribution in [2.75, 3.05) is 19.8 Å². The van der Waals surface area contributed by atoms with E-state index in [0.29, 0.717) is 13.2 Å². The zero-order valence-corrected chi connectivity index (χ0v) is 9.50. The molecule has 1 amide bonds. The standard InChI is InChI=1S/C13H14N2O2/c14-8-12-9-17-10-13(16)15(12)7-6-11-4-2-1-3-5-11/h1-5,12H,6-7,9-10H2. The van der Waals surface area contributed by atoms with Crippen LogP contribution in [0.4, 0.5) is 0 Å². The predicted molar refractivity (Wildman–Crippen MR) is 62.1 cm³/mol. The molecule has 0 bridgehead atoms. The fraction of sp³-hybridized carbons (Fsp3) is 0.385. The second kappa shape index (κ2) is 5.46. The van der Waals surface area contributed by atoms with E-state index in [4.69, 9.17) is 10.00 Å². The van der Waals surface area contributed by atoms with Crippen LogP contribution < -0.4 is 0 Å². The van der Waals surface area contributed by atoms with Crippen LogP contribution in [0.3, 0.4) is 0 Å². The average Bonchev–Trinajstić information content (AvgIpc) is 2.38. The van der Waals surface area contributed by atoms with Crippen molar-refractivity contribution < 1.29 is 9.53 Å². The van der Waals surface area contributed by atoms with Crippen LogP contribution in [0.25, 0.3) is 0 Å². The first-order valence-electron chi connectivity index (χ1n) is 5.62. The number of hydrogen-bond acceptors (Lipinski definition) is 3. The molecule has 0 saturated carbocycles. The molecule has 4 nitrogen and oxygen atoms in total. The van der Waals surface area contributed by atoms with Gasteiger partial charge in [-0.2, -0.15) is 5.26 Å². The molecule has 0 N–H and O–H groups in total. The number of carbonyl (C=O) groups excluding carboxylic acids is 1. The van der Waals surface area contributed by atoms with Gasteiger partial charge in [0, 0.05) is 6.54 Å². The summed E-state index contributed by atoms with van der Waals surface area (Å²) < 4.78 is 5.05. The molecule has 1 fully saturated rings. The van der Waals surface area contributed by atoms with Crippen LogP contribution in [0.1, 0.15) is 5.56 Å². The van der Waals surface area contributed by atoms with Crippen molar-refractivity contribution in [1.82, 2.24) is 4.90 Å². The Morgan fingerprint density at radius 2 is 2.18 bits per heavy atom. The van der Waals surface area contributed by atoms with Crippen molar-refractivity contribution in [1.29, 1.82) is 5.26 Å². The van der Waals surface area contributed by atoms with E-state index in [-0.39, 0.29) is 12.5 Å². The van der Waals surface area contributed by atoms with Crippen LogP contribution in [-0.4, -0.2) is 36.6 Å². The zero-order valence-electron chi connectivity index (χ0n) is 9.50. The van der Waals surface area contributed by atoms with Crippen molar-refractivity contribution in [2.24, 2.45) is 0 Å². The average molecular weight is 230 g/mol. The van der Waals surface area contributed by atoms with E-state index in [1.165, 1.54) is 5.56 Å². The van der Waals surface area contributed by atoms with Crippen LogP contribution in [0, 0.1) is 11.3 Å². The van der Waals surface area contributed by atoms with Crippen molar-refractivity contribution in [3.05, 3.63) is 35.9 Å². The highest BCUT2D eigenvalue weighted by molar-refractivity contribution is 5.78. The lowest BCUT2D eigenvalue weighted by atomic mass is 10.1. The van der Waals surface area contributed by atoms with Gasteiger partial charge in [-0.25, -0.2) is 0 Å². The van der Waals surface area contributed by atoms with Crippen LogP contribution in [-0.2, 0) is 16.0 Å². The maximum absolute atomic E-state index is 11.6. The molecule has 1 unspecified atom stereocenters. The summed E-state index contributed by atoms with van der Waals surface area (Å²) in [5.41, 5.74) is 1.17. The maximum Gasteiger partial charge on any atom is 0.249 e. The van der Waals surface area contributed by atoms with Crippen molar-refractivity contribution >= 4 is 5.91 Å². The summed E-state index contributed by atoms with van der Waals surface area (Å²) in [7, 11) is 0. The van der Waals surface area contributed by atoms with Gasteiger partial charge in [0.2, 0.25) is 5.91 Å². The molecule has 1 atom stereocenters. The molecule has 0 radical (unpaired) electrons. The molecule has 1 aromatic rings. The normalized spacial score (nSPS) is 20.1. The lowest BCUT2D eigenvalue weighted by molar-refractivity contribution is -0.145. The van der Waals surface area contributed by atoms with Crippen molar-refractivity contribution in [2.45, 2.75) is 12.5 Å². The molecular formula is C13H14N2O2. The van der Waals surface area contributed by atoms with Gasteiger partial charge in [0.1, 0.15) is 12.6 Å². The van der Waals surface area contributed by atoms with Gasteiger partial charge < -0.3 is 9.64 Å². The van der Waals surface area contributed by atoms with E-state index in [0.717, 1.165) is 6.42 Å². The summed E-state index contributed by atoms with van der Waals surface area (Å²) in [6.07, 6.45) is 0.769. The lowest BCUT2D eigenvalue weighted by Gasteiger charge is -2.31. The molecule has 1 aromatic carbocycles. The molecule has 0 spiro atoms. The molecule has 2 rings (SSSR count). The fourth-order valence-electron chi connectivity index (χ4n) is 1.89. The lowest BCUT2D eigenvalue weighted by Crippen LogP contribution is -2.49. The molecule has 1 aliphatic heterocycles. The predicted octanol–water partition coefficient (Wildman–Crippen LogP) is 0.980. The molecule has 0 aliphatic carbocycles. The van der Waals surface area contributed by atoms with Crippen molar-refractivity contribution in [3.8, 4) is 6.07 Å². The SMILES string of the molecule is N#CC1COCC(=O)N1CCc1ccccc1. The minimum absolute atomic E-state index is 0.0902. The minimum atomic E-state index is -0.444. The Balaban J connectivity index is 1.97. The summed E-state index contributed by atoms with van der Waals surface area (Å²) in [4.78, 5) is 13.2. The van der Waals surface area contributed by atoms with Gasteiger partial charge in [0.05, 0.1) is 12.7 Å². The van der Waals surface area contributed by atoms with Gasteiger partial charge in [-0.1, -0.05) is 30.3 Å². The fourth-order valence-corrected chi connectivity index (χ4v) is 1.89. The summed E-state index contributed by atoms with van der Waals surface area (Å²) in [5.74, 6) is -0.0984. The van der Waals surface area contributed by atoms with Crippen LogP contribution in [0.5, 0.6) is 0 Å². The number of morpholine rings is 1. The topological polar surface area (TPSA) is 53.3 Å². The Hall–Kier alpha value is -1.86. The summed E-state index contributed by atoms with van der Waals surface area (Å²) in [5, 5.41) is 8.95. The van der Waals surface area contributed by atoms with E-state index in [1.54, 1.807) is 4.90 Å². The maximum atomic E-state index is 11.6. The first-order chi connectivity index (χ1) is 8.31. The van der Waals surface area contributed by atoms with Crippen molar-refractivity contribution in [3.63, 3.8) is 0 Å². The third kappa shape index (κ3) is 2.83. The van der Waals surface area contributed by atoms with E-state index in [9.17, 15) is 4.79 Å². The van der Waals surface area contributed by atoms with Gasteiger partial charge in [0.25, 0.3) is 0 Å².